The van der Waals surface area contributed by atoms with Crippen molar-refractivity contribution in [2.75, 3.05) is 5.32 Å². The second kappa shape index (κ2) is 6.32. The zero-order valence-corrected chi connectivity index (χ0v) is 13.2. The minimum atomic E-state index is -0.442. The predicted molar refractivity (Wildman–Crippen MR) is 82.2 cm³/mol. The van der Waals surface area contributed by atoms with Gasteiger partial charge in [0, 0.05) is 18.3 Å². The number of rotatable bonds is 4. The van der Waals surface area contributed by atoms with Crippen LogP contribution in [0, 0.1) is 15.9 Å². The first-order valence-corrected chi connectivity index (χ1v) is 7.17. The predicted octanol–water partition coefficient (Wildman–Crippen LogP) is 4.87. The lowest BCUT2D eigenvalue weighted by Gasteiger charge is -2.08. The molecule has 0 atom stereocenters. The lowest BCUT2D eigenvalue weighted by molar-refractivity contribution is -0.385. The second-order valence-electron chi connectivity index (χ2n) is 4.03. The molecule has 104 valence electrons. The molecule has 1 N–H and O–H groups in total. The first-order valence-electron chi connectivity index (χ1n) is 5.59. The number of hydrogen-bond acceptors (Lipinski definition) is 3. The standard InChI is InChI=1S/C13H9Br2FN2O2/c14-10-3-1-8(5-13(10)18(19)20)7-17-9-2-4-12(16)11(15)6-9/h1-6,17H,7H2. The molecule has 2 aromatic rings. The van der Waals surface area contributed by atoms with Gasteiger partial charge in [-0.25, -0.2) is 4.39 Å². The van der Waals surface area contributed by atoms with Crippen LogP contribution in [0.3, 0.4) is 0 Å². The molecule has 0 aliphatic heterocycles. The third-order valence-electron chi connectivity index (χ3n) is 2.62. The van der Waals surface area contributed by atoms with Crippen molar-refractivity contribution in [1.29, 1.82) is 0 Å². The van der Waals surface area contributed by atoms with E-state index in [0.717, 1.165) is 11.3 Å². The van der Waals surface area contributed by atoms with Crippen LogP contribution >= 0.6 is 31.9 Å². The molecule has 4 nitrogen and oxygen atoms in total. The molecule has 0 amide bonds. The van der Waals surface area contributed by atoms with Crippen LogP contribution in [0.4, 0.5) is 15.8 Å². The normalized spacial score (nSPS) is 10.3. The van der Waals surface area contributed by atoms with Gasteiger partial charge in [-0.05, 0) is 61.7 Å². The van der Waals surface area contributed by atoms with E-state index in [0.29, 0.717) is 15.5 Å². The summed E-state index contributed by atoms with van der Waals surface area (Å²) in [4.78, 5) is 10.4. The molecule has 0 fully saturated rings. The highest BCUT2D eigenvalue weighted by Crippen LogP contribution is 2.26. The second-order valence-corrected chi connectivity index (χ2v) is 5.73. The van der Waals surface area contributed by atoms with Crippen LogP contribution in [-0.4, -0.2) is 4.92 Å². The van der Waals surface area contributed by atoms with Gasteiger partial charge in [0.15, 0.2) is 0 Å². The Bertz CT molecular complexity index is 665. The van der Waals surface area contributed by atoms with Crippen LogP contribution in [0.25, 0.3) is 0 Å². The van der Waals surface area contributed by atoms with Crippen LogP contribution < -0.4 is 5.32 Å². The molecular weight excluding hydrogens is 395 g/mol. The number of anilines is 1. The summed E-state index contributed by atoms with van der Waals surface area (Å²) < 4.78 is 13.9. The maximum atomic E-state index is 13.1. The van der Waals surface area contributed by atoms with Crippen LogP contribution in [0.1, 0.15) is 5.56 Å². The molecule has 0 bridgehead atoms. The Hall–Kier alpha value is -1.47. The van der Waals surface area contributed by atoms with Crippen LogP contribution in [-0.2, 0) is 6.54 Å². The summed E-state index contributed by atoms with van der Waals surface area (Å²) in [5.74, 6) is -0.338. The van der Waals surface area contributed by atoms with Gasteiger partial charge < -0.3 is 5.32 Å². The molecule has 0 saturated heterocycles. The van der Waals surface area contributed by atoms with E-state index in [1.54, 1.807) is 24.3 Å². The van der Waals surface area contributed by atoms with Crippen molar-refractivity contribution in [2.45, 2.75) is 6.54 Å². The summed E-state index contributed by atoms with van der Waals surface area (Å²) in [6, 6.07) is 9.47. The molecule has 0 unspecified atom stereocenters. The topological polar surface area (TPSA) is 55.2 Å². The summed E-state index contributed by atoms with van der Waals surface area (Å²) >= 11 is 6.24. The molecule has 7 heteroatoms. The van der Waals surface area contributed by atoms with E-state index in [1.807, 2.05) is 0 Å². The maximum absolute atomic E-state index is 13.1. The van der Waals surface area contributed by atoms with Crippen molar-refractivity contribution in [1.82, 2.24) is 0 Å². The molecule has 0 aliphatic carbocycles. The van der Waals surface area contributed by atoms with Gasteiger partial charge in [0.1, 0.15) is 5.82 Å². The van der Waals surface area contributed by atoms with E-state index < -0.39 is 4.92 Å². The lowest BCUT2D eigenvalue weighted by atomic mass is 10.2. The highest BCUT2D eigenvalue weighted by Gasteiger charge is 2.12. The third kappa shape index (κ3) is 3.55. The van der Waals surface area contributed by atoms with Crippen molar-refractivity contribution in [3.63, 3.8) is 0 Å². The van der Waals surface area contributed by atoms with Gasteiger partial charge in [0.2, 0.25) is 0 Å². The number of halogens is 3. The fourth-order valence-electron chi connectivity index (χ4n) is 1.62. The average Bonchev–Trinajstić information content (AvgIpc) is 2.41. The fourth-order valence-corrected chi connectivity index (χ4v) is 2.39. The van der Waals surface area contributed by atoms with Crippen LogP contribution in [0.15, 0.2) is 45.3 Å². The number of benzene rings is 2. The van der Waals surface area contributed by atoms with E-state index in [9.17, 15) is 14.5 Å². The number of nitro benzene ring substituents is 1. The quantitative estimate of drug-likeness (QED) is 0.585. The van der Waals surface area contributed by atoms with Gasteiger partial charge in [-0.1, -0.05) is 6.07 Å². The van der Waals surface area contributed by atoms with Crippen LogP contribution in [0.2, 0.25) is 0 Å². The molecule has 0 spiro atoms. The summed E-state index contributed by atoms with van der Waals surface area (Å²) in [5.41, 5.74) is 1.51. The van der Waals surface area contributed by atoms with Gasteiger partial charge in [-0.2, -0.15) is 0 Å². The summed E-state index contributed by atoms with van der Waals surface area (Å²) in [6.45, 7) is 0.409. The Morgan fingerprint density at radius 1 is 1.15 bits per heavy atom. The molecule has 2 rings (SSSR count). The summed E-state index contributed by atoms with van der Waals surface area (Å²) in [5, 5.41) is 13.9. The fraction of sp³-hybridized carbons (Fsp3) is 0.0769. The van der Waals surface area contributed by atoms with Crippen molar-refractivity contribution in [2.24, 2.45) is 0 Å². The van der Waals surface area contributed by atoms with E-state index >= 15 is 0 Å². The molecule has 0 aliphatic rings. The molecule has 2 aromatic carbocycles. The molecule has 0 heterocycles. The minimum Gasteiger partial charge on any atom is -0.381 e. The molecule has 0 aromatic heterocycles. The monoisotopic (exact) mass is 402 g/mol. The molecule has 20 heavy (non-hydrogen) atoms. The highest BCUT2D eigenvalue weighted by atomic mass is 79.9. The van der Waals surface area contributed by atoms with E-state index in [4.69, 9.17) is 0 Å². The zero-order chi connectivity index (χ0) is 14.7. The van der Waals surface area contributed by atoms with Crippen molar-refractivity contribution >= 4 is 43.2 Å². The first-order chi connectivity index (χ1) is 9.47. The van der Waals surface area contributed by atoms with Gasteiger partial charge in [-0.3, -0.25) is 10.1 Å². The Morgan fingerprint density at radius 2 is 1.90 bits per heavy atom. The summed E-state index contributed by atoms with van der Waals surface area (Å²) in [6.07, 6.45) is 0. The number of nitro groups is 1. The van der Waals surface area contributed by atoms with Crippen molar-refractivity contribution in [3.8, 4) is 0 Å². The molecule has 0 radical (unpaired) electrons. The summed E-state index contributed by atoms with van der Waals surface area (Å²) in [7, 11) is 0. The van der Waals surface area contributed by atoms with E-state index in [-0.39, 0.29) is 11.5 Å². The molecule has 0 saturated carbocycles. The van der Waals surface area contributed by atoms with Gasteiger partial charge >= 0.3 is 0 Å². The SMILES string of the molecule is O=[N+]([O-])c1cc(CNc2ccc(F)c(Br)c2)ccc1Br. The third-order valence-corrected chi connectivity index (χ3v) is 3.90. The number of nitrogens with one attached hydrogen (secondary N) is 1. The first kappa shape index (κ1) is 14.9. The zero-order valence-electron chi connectivity index (χ0n) is 10.1. The lowest BCUT2D eigenvalue weighted by Crippen LogP contribution is -2.01. The Balaban J connectivity index is 2.12. The van der Waals surface area contributed by atoms with Crippen LogP contribution in [0.5, 0.6) is 0 Å². The number of nitrogens with zero attached hydrogens (tertiary/aromatic N) is 1. The number of hydrogen-bond donors (Lipinski definition) is 1. The molecular formula is C13H9Br2FN2O2. The Labute approximate surface area is 131 Å². The van der Waals surface area contributed by atoms with Crippen molar-refractivity contribution < 1.29 is 9.31 Å². The van der Waals surface area contributed by atoms with Gasteiger partial charge in [-0.15, -0.1) is 0 Å². The maximum Gasteiger partial charge on any atom is 0.283 e. The Morgan fingerprint density at radius 3 is 2.55 bits per heavy atom. The van der Waals surface area contributed by atoms with Gasteiger partial charge in [0.05, 0.1) is 13.9 Å². The van der Waals surface area contributed by atoms with Crippen molar-refractivity contribution in [3.05, 3.63) is 66.8 Å². The Kier molecular flexibility index (Phi) is 4.72. The van der Waals surface area contributed by atoms with E-state index in [2.05, 4.69) is 37.2 Å². The highest BCUT2D eigenvalue weighted by molar-refractivity contribution is 9.10. The van der Waals surface area contributed by atoms with Gasteiger partial charge in [0.25, 0.3) is 5.69 Å². The average molecular weight is 404 g/mol. The largest absolute Gasteiger partial charge is 0.381 e. The minimum absolute atomic E-state index is 0.0181. The smallest absolute Gasteiger partial charge is 0.283 e. The van der Waals surface area contributed by atoms with E-state index in [1.165, 1.54) is 12.1 Å².